The summed E-state index contributed by atoms with van der Waals surface area (Å²) in [5.74, 6) is -0.757. The van der Waals surface area contributed by atoms with Crippen LogP contribution >= 0.6 is 0 Å². The second kappa shape index (κ2) is 10.0. The average Bonchev–Trinajstić information content (AvgIpc) is 3.40. The fraction of sp³-hybridized carbons (Fsp3) is 0.179. The van der Waals surface area contributed by atoms with Crippen LogP contribution in [0.3, 0.4) is 0 Å². The van der Waals surface area contributed by atoms with E-state index in [1.54, 1.807) is 31.5 Å². The summed E-state index contributed by atoms with van der Waals surface area (Å²) in [7, 11) is 0. The third-order valence-electron chi connectivity index (χ3n) is 6.00. The van der Waals surface area contributed by atoms with Crippen molar-refractivity contribution in [3.8, 4) is 11.3 Å². The number of carbonyl (C=O) groups is 1. The number of hydrogen-bond acceptors (Lipinski definition) is 6. The van der Waals surface area contributed by atoms with Gasteiger partial charge in [0.1, 0.15) is 5.82 Å². The molecule has 0 radical (unpaired) electrons. The summed E-state index contributed by atoms with van der Waals surface area (Å²) >= 11 is 0. The maximum Gasteiger partial charge on any atom is 0.251 e. The molecule has 0 unspecified atom stereocenters. The number of amides is 1. The minimum atomic E-state index is -0.454. The van der Waals surface area contributed by atoms with Crippen LogP contribution in [-0.4, -0.2) is 26.6 Å². The first-order valence-corrected chi connectivity index (χ1v) is 11.6. The van der Waals surface area contributed by atoms with E-state index in [9.17, 15) is 9.18 Å². The number of nitrogens with one attached hydrogen (secondary N) is 1. The minimum Gasteiger partial charge on any atom is -0.385 e. The van der Waals surface area contributed by atoms with Crippen molar-refractivity contribution in [1.82, 2.24) is 20.3 Å². The van der Waals surface area contributed by atoms with E-state index in [0.717, 1.165) is 40.0 Å². The van der Waals surface area contributed by atoms with E-state index in [4.69, 9.17) is 4.84 Å². The number of hydrogen-bond donors (Lipinski definition) is 1. The van der Waals surface area contributed by atoms with E-state index in [1.807, 2.05) is 43.3 Å². The van der Waals surface area contributed by atoms with Gasteiger partial charge in [-0.15, -0.1) is 0 Å². The topological polar surface area (TPSA) is 89.4 Å². The summed E-state index contributed by atoms with van der Waals surface area (Å²) in [6.07, 6.45) is 6.40. The third-order valence-corrected chi connectivity index (χ3v) is 6.00. The Morgan fingerprint density at radius 3 is 2.67 bits per heavy atom. The fourth-order valence-corrected chi connectivity index (χ4v) is 4.01. The van der Waals surface area contributed by atoms with E-state index >= 15 is 0 Å². The molecule has 0 spiro atoms. The van der Waals surface area contributed by atoms with Gasteiger partial charge in [0.05, 0.1) is 29.3 Å². The van der Waals surface area contributed by atoms with Crippen LogP contribution in [0, 0.1) is 12.7 Å². The SMILES string of the molecule is Cc1ccc(-c2cc(C(=O)N[C@@H](C)c3cncc(F)c3)cc(C3=NO[C@H](c4ccccn4)C3)c2)nc1. The Morgan fingerprint density at radius 1 is 1.06 bits per heavy atom. The largest absolute Gasteiger partial charge is 0.385 e. The van der Waals surface area contributed by atoms with E-state index in [2.05, 4.69) is 25.4 Å². The highest BCUT2D eigenvalue weighted by atomic mass is 19.1. The van der Waals surface area contributed by atoms with E-state index in [-0.39, 0.29) is 12.0 Å². The van der Waals surface area contributed by atoms with E-state index in [0.29, 0.717) is 17.5 Å². The van der Waals surface area contributed by atoms with Gasteiger partial charge in [-0.05, 0) is 67.4 Å². The lowest BCUT2D eigenvalue weighted by molar-refractivity contribution is 0.0826. The molecular formula is C28H24FN5O2. The number of aromatic nitrogens is 3. The molecule has 5 rings (SSSR count). The van der Waals surface area contributed by atoms with Crippen LogP contribution in [-0.2, 0) is 4.84 Å². The molecular weight excluding hydrogens is 457 g/mol. The Morgan fingerprint density at radius 2 is 1.92 bits per heavy atom. The van der Waals surface area contributed by atoms with E-state index < -0.39 is 11.9 Å². The van der Waals surface area contributed by atoms with Crippen molar-refractivity contribution < 1.29 is 14.0 Å². The van der Waals surface area contributed by atoms with Crippen LogP contribution in [0.2, 0.25) is 0 Å². The second-order valence-electron chi connectivity index (χ2n) is 8.74. The Bertz CT molecular complexity index is 1420. The molecule has 1 aliphatic rings. The molecule has 1 aromatic carbocycles. The normalized spacial score (nSPS) is 15.6. The highest BCUT2D eigenvalue weighted by molar-refractivity contribution is 6.05. The number of aryl methyl sites for hydroxylation is 1. The van der Waals surface area contributed by atoms with Crippen molar-refractivity contribution in [2.75, 3.05) is 0 Å². The Balaban J connectivity index is 1.46. The van der Waals surface area contributed by atoms with Gasteiger partial charge in [0.25, 0.3) is 5.91 Å². The number of halogens is 1. The number of oxime groups is 1. The summed E-state index contributed by atoms with van der Waals surface area (Å²) in [5, 5.41) is 7.24. The van der Waals surface area contributed by atoms with Gasteiger partial charge in [0.15, 0.2) is 6.10 Å². The first kappa shape index (κ1) is 23.3. The van der Waals surface area contributed by atoms with Crippen LogP contribution in [0.25, 0.3) is 11.3 Å². The van der Waals surface area contributed by atoms with Gasteiger partial charge in [-0.2, -0.15) is 0 Å². The summed E-state index contributed by atoms with van der Waals surface area (Å²) < 4.78 is 13.6. The molecule has 36 heavy (non-hydrogen) atoms. The number of rotatable bonds is 6. The number of pyridine rings is 3. The number of benzene rings is 1. The van der Waals surface area contributed by atoms with Gasteiger partial charge < -0.3 is 10.2 Å². The lowest BCUT2D eigenvalue weighted by Gasteiger charge is -2.15. The molecule has 3 aromatic heterocycles. The van der Waals surface area contributed by atoms with Crippen molar-refractivity contribution in [1.29, 1.82) is 0 Å². The van der Waals surface area contributed by atoms with Crippen LogP contribution in [0.15, 0.2) is 84.5 Å². The predicted octanol–water partition coefficient (Wildman–Crippen LogP) is 5.34. The molecule has 4 aromatic rings. The van der Waals surface area contributed by atoms with Gasteiger partial charge in [-0.25, -0.2) is 4.39 Å². The molecule has 7 nitrogen and oxygen atoms in total. The van der Waals surface area contributed by atoms with Crippen LogP contribution < -0.4 is 5.32 Å². The number of carbonyl (C=O) groups excluding carboxylic acids is 1. The highest BCUT2D eigenvalue weighted by Gasteiger charge is 2.26. The van der Waals surface area contributed by atoms with Gasteiger partial charge in [0, 0.05) is 41.7 Å². The quantitative estimate of drug-likeness (QED) is 0.401. The van der Waals surface area contributed by atoms with Crippen molar-refractivity contribution in [2.45, 2.75) is 32.4 Å². The van der Waals surface area contributed by atoms with Crippen molar-refractivity contribution in [3.05, 3.63) is 113 Å². The molecule has 8 heteroatoms. The molecule has 0 aliphatic carbocycles. The van der Waals surface area contributed by atoms with Crippen LogP contribution in [0.5, 0.6) is 0 Å². The average molecular weight is 482 g/mol. The van der Waals surface area contributed by atoms with Crippen LogP contribution in [0.4, 0.5) is 4.39 Å². The first-order chi connectivity index (χ1) is 17.5. The molecule has 2 atom stereocenters. The summed E-state index contributed by atoms with van der Waals surface area (Å²) in [6, 6.07) is 16.0. The van der Waals surface area contributed by atoms with Crippen molar-refractivity contribution in [3.63, 3.8) is 0 Å². The maximum absolute atomic E-state index is 13.6. The lowest BCUT2D eigenvalue weighted by Crippen LogP contribution is -2.27. The second-order valence-corrected chi connectivity index (χ2v) is 8.74. The van der Waals surface area contributed by atoms with E-state index in [1.165, 1.54) is 12.3 Å². The highest BCUT2D eigenvalue weighted by Crippen LogP contribution is 2.30. The molecule has 1 amide bonds. The number of nitrogens with zero attached hydrogens (tertiary/aromatic N) is 4. The zero-order chi connectivity index (χ0) is 25.1. The standard InChI is InChI=1S/C28H24FN5O2/c1-17-6-7-24(32-14-17)19-9-20(26-13-27(36-34-26)25-5-3-4-8-31-25)11-21(10-19)28(35)33-18(2)22-12-23(29)16-30-15-22/h3-12,14-16,18,27H,13H2,1-2H3,(H,33,35)/t18-,27-/m0/s1. The summed E-state index contributed by atoms with van der Waals surface area (Å²) in [6.45, 7) is 3.75. The van der Waals surface area contributed by atoms with Crippen molar-refractivity contribution >= 4 is 11.6 Å². The molecule has 0 fully saturated rings. The van der Waals surface area contributed by atoms with Gasteiger partial charge in [-0.3, -0.25) is 19.7 Å². The zero-order valence-corrected chi connectivity index (χ0v) is 19.9. The minimum absolute atomic E-state index is 0.292. The molecule has 1 aliphatic heterocycles. The van der Waals surface area contributed by atoms with Crippen molar-refractivity contribution in [2.24, 2.45) is 5.16 Å². The smallest absolute Gasteiger partial charge is 0.251 e. The van der Waals surface area contributed by atoms with Gasteiger partial charge in [-0.1, -0.05) is 17.3 Å². The lowest BCUT2D eigenvalue weighted by atomic mass is 9.96. The van der Waals surface area contributed by atoms with Crippen LogP contribution in [0.1, 0.15) is 58.2 Å². The fourth-order valence-electron chi connectivity index (χ4n) is 4.01. The monoisotopic (exact) mass is 481 g/mol. The van der Waals surface area contributed by atoms with Gasteiger partial charge in [0.2, 0.25) is 0 Å². The molecule has 0 saturated heterocycles. The Labute approximate surface area is 208 Å². The molecule has 180 valence electrons. The zero-order valence-electron chi connectivity index (χ0n) is 19.9. The Hall–Kier alpha value is -4.46. The maximum atomic E-state index is 13.6. The summed E-state index contributed by atoms with van der Waals surface area (Å²) in [5.41, 5.74) is 5.84. The molecule has 0 bridgehead atoms. The van der Waals surface area contributed by atoms with Gasteiger partial charge >= 0.3 is 0 Å². The third kappa shape index (κ3) is 5.12. The molecule has 4 heterocycles. The summed E-state index contributed by atoms with van der Waals surface area (Å²) in [4.78, 5) is 31.7. The molecule has 1 N–H and O–H groups in total. The molecule has 0 saturated carbocycles. The first-order valence-electron chi connectivity index (χ1n) is 11.6. The predicted molar refractivity (Wildman–Crippen MR) is 134 cm³/mol. The Kier molecular flexibility index (Phi) is 6.49.